The minimum atomic E-state index is -3.24. The number of hydrogen-bond donors (Lipinski definition) is 0. The second-order valence-electron chi connectivity index (χ2n) is 8.17. The van der Waals surface area contributed by atoms with Crippen molar-refractivity contribution in [3.05, 3.63) is 87.5 Å². The molecule has 0 atom stereocenters. The second-order valence-corrected chi connectivity index (χ2v) is 11.3. The lowest BCUT2D eigenvalue weighted by Gasteiger charge is -2.18. The predicted molar refractivity (Wildman–Crippen MR) is 129 cm³/mol. The maximum Gasteiger partial charge on any atom is 0.214 e. The summed E-state index contributed by atoms with van der Waals surface area (Å²) in [6, 6.07) is 15.6. The first-order valence-corrected chi connectivity index (χ1v) is 13.0. The summed E-state index contributed by atoms with van der Waals surface area (Å²) in [6.45, 7) is 1.61. The summed E-state index contributed by atoms with van der Waals surface area (Å²) in [4.78, 5) is 17.1. The van der Waals surface area contributed by atoms with Crippen molar-refractivity contribution >= 4 is 38.8 Å². The van der Waals surface area contributed by atoms with Gasteiger partial charge in [0.15, 0.2) is 9.84 Å². The average Bonchev–Trinajstić information content (AvgIpc) is 3.58. The van der Waals surface area contributed by atoms with Crippen LogP contribution in [0, 0.1) is 0 Å². The van der Waals surface area contributed by atoms with Crippen molar-refractivity contribution in [3.8, 4) is 5.88 Å². The highest BCUT2D eigenvalue weighted by Gasteiger charge is 2.47. The van der Waals surface area contributed by atoms with Crippen LogP contribution >= 0.6 is 23.2 Å². The van der Waals surface area contributed by atoms with E-state index in [1.54, 1.807) is 49.5 Å². The number of hydrogen-bond acceptors (Lipinski definition) is 5. The number of carbonyl (C=O) groups is 1. The van der Waals surface area contributed by atoms with Gasteiger partial charge < -0.3 is 4.74 Å². The zero-order valence-electron chi connectivity index (χ0n) is 18.1. The van der Waals surface area contributed by atoms with Gasteiger partial charge in [-0.15, -0.1) is 0 Å². The van der Waals surface area contributed by atoms with Crippen LogP contribution in [0.3, 0.4) is 0 Å². The first-order valence-electron chi connectivity index (χ1n) is 10.6. The molecule has 1 aliphatic carbocycles. The van der Waals surface area contributed by atoms with Crippen LogP contribution in [0.5, 0.6) is 5.88 Å². The SMILES string of the molecule is CCS(=O)(=O)c1ccc(CC(=O)Cc2ccc(OC3(c4ccc(Cl)c(Cl)c4)CC3)nc2)cc1. The second kappa shape index (κ2) is 9.45. The smallest absolute Gasteiger partial charge is 0.214 e. The van der Waals surface area contributed by atoms with Gasteiger partial charge in [-0.3, -0.25) is 4.79 Å². The molecular formula is C25H23Cl2NO4S. The summed E-state index contributed by atoms with van der Waals surface area (Å²) in [5.41, 5.74) is 2.10. The highest BCUT2D eigenvalue weighted by atomic mass is 35.5. The Bertz CT molecular complexity index is 1270. The van der Waals surface area contributed by atoms with Gasteiger partial charge >= 0.3 is 0 Å². The van der Waals surface area contributed by atoms with Gasteiger partial charge in [-0.2, -0.15) is 0 Å². The number of Topliss-reactive ketones (excluding diaryl/α,β-unsaturated/α-hetero) is 1. The van der Waals surface area contributed by atoms with Crippen LogP contribution in [0.15, 0.2) is 65.7 Å². The molecule has 1 aliphatic rings. The van der Waals surface area contributed by atoms with Crippen molar-refractivity contribution in [2.75, 3.05) is 5.75 Å². The van der Waals surface area contributed by atoms with E-state index < -0.39 is 15.4 Å². The van der Waals surface area contributed by atoms with Crippen molar-refractivity contribution in [2.24, 2.45) is 0 Å². The Balaban J connectivity index is 1.36. The van der Waals surface area contributed by atoms with Gasteiger partial charge in [0, 0.05) is 25.1 Å². The average molecular weight is 504 g/mol. The molecule has 8 heteroatoms. The van der Waals surface area contributed by atoms with Crippen LogP contribution in [0.4, 0.5) is 0 Å². The lowest BCUT2D eigenvalue weighted by Crippen LogP contribution is -2.16. The summed E-state index contributed by atoms with van der Waals surface area (Å²) >= 11 is 12.2. The third-order valence-electron chi connectivity index (χ3n) is 5.71. The van der Waals surface area contributed by atoms with Crippen molar-refractivity contribution in [3.63, 3.8) is 0 Å². The van der Waals surface area contributed by atoms with Crippen LogP contribution in [-0.4, -0.2) is 24.9 Å². The van der Waals surface area contributed by atoms with Gasteiger partial charge in [0.2, 0.25) is 5.88 Å². The first kappa shape index (κ1) is 23.7. The monoisotopic (exact) mass is 503 g/mol. The van der Waals surface area contributed by atoms with E-state index in [9.17, 15) is 13.2 Å². The number of benzene rings is 2. The van der Waals surface area contributed by atoms with E-state index in [0.717, 1.165) is 29.5 Å². The molecule has 0 unspecified atom stereocenters. The van der Waals surface area contributed by atoms with Crippen molar-refractivity contribution in [1.29, 1.82) is 0 Å². The van der Waals surface area contributed by atoms with Crippen molar-refractivity contribution in [2.45, 2.75) is 43.1 Å². The number of ether oxygens (including phenoxy) is 1. The largest absolute Gasteiger partial charge is 0.466 e. The molecule has 1 heterocycles. The Morgan fingerprint density at radius 1 is 0.970 bits per heavy atom. The van der Waals surface area contributed by atoms with Gasteiger partial charge in [0.25, 0.3) is 0 Å². The Hall–Kier alpha value is -2.41. The van der Waals surface area contributed by atoms with Gasteiger partial charge in [0.05, 0.1) is 20.7 Å². The maximum absolute atomic E-state index is 12.5. The Morgan fingerprint density at radius 3 is 2.21 bits per heavy atom. The molecule has 0 N–H and O–H groups in total. The van der Waals surface area contributed by atoms with Gasteiger partial charge in [-0.1, -0.05) is 54.4 Å². The number of sulfone groups is 1. The normalized spacial score (nSPS) is 14.6. The number of aromatic nitrogens is 1. The highest BCUT2D eigenvalue weighted by Crippen LogP contribution is 2.49. The number of pyridine rings is 1. The highest BCUT2D eigenvalue weighted by molar-refractivity contribution is 7.91. The van der Waals surface area contributed by atoms with Gasteiger partial charge in [0.1, 0.15) is 11.4 Å². The summed E-state index contributed by atoms with van der Waals surface area (Å²) in [7, 11) is -3.24. The lowest BCUT2D eigenvalue weighted by molar-refractivity contribution is -0.117. The van der Waals surface area contributed by atoms with Crippen molar-refractivity contribution < 1.29 is 17.9 Å². The van der Waals surface area contributed by atoms with E-state index in [4.69, 9.17) is 27.9 Å². The van der Waals surface area contributed by atoms with Crippen LogP contribution in [0.2, 0.25) is 10.0 Å². The van der Waals surface area contributed by atoms with Gasteiger partial charge in [-0.25, -0.2) is 13.4 Å². The topological polar surface area (TPSA) is 73.3 Å². The molecule has 0 saturated heterocycles. The molecule has 5 nitrogen and oxygen atoms in total. The molecule has 0 spiro atoms. The summed E-state index contributed by atoms with van der Waals surface area (Å²) < 4.78 is 30.0. The summed E-state index contributed by atoms with van der Waals surface area (Å²) in [5.74, 6) is 0.556. The number of carbonyl (C=O) groups excluding carboxylic acids is 1. The molecule has 0 aliphatic heterocycles. The Morgan fingerprint density at radius 2 is 1.64 bits per heavy atom. The molecule has 0 amide bonds. The van der Waals surface area contributed by atoms with E-state index in [0.29, 0.717) is 15.9 Å². The summed E-state index contributed by atoms with van der Waals surface area (Å²) in [5, 5.41) is 0.998. The summed E-state index contributed by atoms with van der Waals surface area (Å²) in [6.07, 6.45) is 3.84. The zero-order chi connectivity index (χ0) is 23.6. The molecule has 3 aromatic rings. The number of ketones is 1. The number of rotatable bonds is 9. The van der Waals surface area contributed by atoms with Crippen LogP contribution in [-0.2, 0) is 33.1 Å². The van der Waals surface area contributed by atoms with E-state index in [1.165, 1.54) is 0 Å². The molecule has 4 rings (SSSR count). The third-order valence-corrected chi connectivity index (χ3v) is 8.20. The molecule has 0 bridgehead atoms. The molecule has 2 aromatic carbocycles. The first-order chi connectivity index (χ1) is 15.7. The number of halogens is 2. The molecule has 1 fully saturated rings. The fourth-order valence-corrected chi connectivity index (χ4v) is 4.80. The predicted octanol–water partition coefficient (Wildman–Crippen LogP) is 5.60. The van der Waals surface area contributed by atoms with Gasteiger partial charge in [-0.05, 0) is 53.8 Å². The Kier molecular flexibility index (Phi) is 6.80. The molecule has 1 aromatic heterocycles. The molecule has 0 radical (unpaired) electrons. The van der Waals surface area contributed by atoms with E-state index in [2.05, 4.69) is 4.98 Å². The number of nitrogens with zero attached hydrogens (tertiary/aromatic N) is 1. The quantitative estimate of drug-likeness (QED) is 0.379. The zero-order valence-corrected chi connectivity index (χ0v) is 20.4. The van der Waals surface area contributed by atoms with Crippen LogP contribution in [0.25, 0.3) is 0 Å². The standard InChI is InChI=1S/C25H23Cl2NO4S/c1-2-33(30,31)21-7-3-17(4-8-21)13-20(29)14-18-5-10-24(28-16-18)32-25(11-12-25)19-6-9-22(26)23(27)15-19/h3-10,15-16H,2,11-14H2,1H3. The van der Waals surface area contributed by atoms with Crippen LogP contribution in [0.1, 0.15) is 36.5 Å². The minimum Gasteiger partial charge on any atom is -0.466 e. The van der Waals surface area contributed by atoms with Crippen molar-refractivity contribution in [1.82, 2.24) is 4.98 Å². The maximum atomic E-state index is 12.5. The van der Waals surface area contributed by atoms with E-state index >= 15 is 0 Å². The lowest BCUT2D eigenvalue weighted by atomic mass is 10.0. The molecular weight excluding hydrogens is 481 g/mol. The fourth-order valence-electron chi connectivity index (χ4n) is 3.62. The van der Waals surface area contributed by atoms with Crippen LogP contribution < -0.4 is 4.74 Å². The molecule has 1 saturated carbocycles. The minimum absolute atomic E-state index is 0.0195. The molecule has 33 heavy (non-hydrogen) atoms. The van der Waals surface area contributed by atoms with E-state index in [-0.39, 0.29) is 29.3 Å². The fraction of sp³-hybridized carbons (Fsp3) is 0.280. The third kappa shape index (κ3) is 5.57. The Labute approximate surface area is 203 Å². The molecule has 172 valence electrons. The van der Waals surface area contributed by atoms with E-state index in [1.807, 2.05) is 18.2 Å².